The molecule has 0 saturated heterocycles. The second kappa shape index (κ2) is 7.78. The van der Waals surface area contributed by atoms with Crippen molar-refractivity contribution in [3.05, 3.63) is 65.1 Å². The van der Waals surface area contributed by atoms with Crippen LogP contribution in [0.2, 0.25) is 0 Å². The molecule has 0 aliphatic heterocycles. The van der Waals surface area contributed by atoms with Crippen LogP contribution in [-0.4, -0.2) is 36.5 Å². The lowest BCUT2D eigenvalue weighted by Crippen LogP contribution is -2.15. The minimum absolute atomic E-state index is 0.0105. The molecule has 0 saturated carbocycles. The van der Waals surface area contributed by atoms with Gasteiger partial charge in [-0.15, -0.1) is 0 Å². The quantitative estimate of drug-likeness (QED) is 0.654. The molecule has 11 heteroatoms. The number of benzene rings is 1. The highest BCUT2D eigenvalue weighted by molar-refractivity contribution is 6.02. The maximum atomic E-state index is 12.9. The smallest absolute Gasteiger partial charge is 0.416 e. The Morgan fingerprint density at radius 2 is 1.93 bits per heavy atom. The predicted octanol–water partition coefficient (Wildman–Crippen LogP) is 2.79. The van der Waals surface area contributed by atoms with E-state index in [0.717, 1.165) is 16.8 Å². The van der Waals surface area contributed by atoms with Crippen LogP contribution in [0.25, 0.3) is 0 Å². The van der Waals surface area contributed by atoms with E-state index in [0.29, 0.717) is 11.3 Å². The topological polar surface area (TPSA) is 102 Å². The van der Waals surface area contributed by atoms with E-state index in [9.17, 15) is 22.8 Å². The molecule has 2 N–H and O–H groups in total. The third kappa shape index (κ3) is 5.00. The summed E-state index contributed by atoms with van der Waals surface area (Å²) < 4.78 is 41.1. The zero-order valence-corrected chi connectivity index (χ0v) is 15.1. The van der Waals surface area contributed by atoms with Crippen molar-refractivity contribution in [2.45, 2.75) is 26.2 Å². The lowest BCUT2D eigenvalue weighted by Gasteiger charge is -2.09. The van der Waals surface area contributed by atoms with Gasteiger partial charge in [-0.3, -0.25) is 19.0 Å². The minimum Gasteiger partial charge on any atom is -0.480 e. The third-order valence-electron chi connectivity index (χ3n) is 3.98. The van der Waals surface area contributed by atoms with Crippen LogP contribution in [0.5, 0.6) is 0 Å². The molecule has 0 bridgehead atoms. The Kier molecular flexibility index (Phi) is 5.39. The maximum Gasteiger partial charge on any atom is 0.416 e. The summed E-state index contributed by atoms with van der Waals surface area (Å²) in [5.74, 6) is -1.48. The molecular formula is C18H16F3N5O3. The van der Waals surface area contributed by atoms with Gasteiger partial charge in [0.05, 0.1) is 12.1 Å². The van der Waals surface area contributed by atoms with Crippen LogP contribution in [0.4, 0.5) is 19.0 Å². The number of carbonyl (C=O) groups is 2. The largest absolute Gasteiger partial charge is 0.480 e. The molecule has 1 aromatic carbocycles. The Morgan fingerprint density at radius 1 is 1.17 bits per heavy atom. The summed E-state index contributed by atoms with van der Waals surface area (Å²) in [7, 11) is 0. The molecule has 0 aliphatic carbocycles. The Hall–Kier alpha value is -3.63. The summed E-state index contributed by atoms with van der Waals surface area (Å²) in [6.07, 6.45) is -3.07. The molecule has 1 amide bonds. The molecule has 0 spiro atoms. The first-order valence-electron chi connectivity index (χ1n) is 8.39. The van der Waals surface area contributed by atoms with Crippen molar-refractivity contribution in [2.24, 2.45) is 0 Å². The van der Waals surface area contributed by atoms with Crippen molar-refractivity contribution in [3.8, 4) is 0 Å². The molecule has 3 rings (SSSR count). The Labute approximate surface area is 162 Å². The van der Waals surface area contributed by atoms with Gasteiger partial charge in [0.15, 0.2) is 11.5 Å². The molecule has 2 heterocycles. The average molecular weight is 407 g/mol. The van der Waals surface area contributed by atoms with E-state index >= 15 is 0 Å². The van der Waals surface area contributed by atoms with Crippen LogP contribution in [0, 0.1) is 6.92 Å². The van der Waals surface area contributed by atoms with E-state index in [1.165, 1.54) is 23.0 Å². The third-order valence-corrected chi connectivity index (χ3v) is 3.98. The first kappa shape index (κ1) is 20.1. The molecule has 29 heavy (non-hydrogen) atoms. The summed E-state index contributed by atoms with van der Waals surface area (Å²) in [5, 5.41) is 19.3. The normalized spacial score (nSPS) is 11.4. The van der Waals surface area contributed by atoms with E-state index in [4.69, 9.17) is 5.11 Å². The van der Waals surface area contributed by atoms with E-state index in [2.05, 4.69) is 15.5 Å². The summed E-state index contributed by atoms with van der Waals surface area (Å²) in [6, 6.07) is 7.87. The molecule has 0 atom stereocenters. The fraction of sp³-hybridized carbons (Fsp3) is 0.222. The van der Waals surface area contributed by atoms with Crippen LogP contribution < -0.4 is 5.32 Å². The number of hydrogen-bond acceptors (Lipinski definition) is 4. The number of hydrogen-bond donors (Lipinski definition) is 2. The summed E-state index contributed by atoms with van der Waals surface area (Å²) in [4.78, 5) is 22.9. The van der Waals surface area contributed by atoms with Gasteiger partial charge in [-0.2, -0.15) is 23.4 Å². The van der Waals surface area contributed by atoms with Gasteiger partial charge in [0.2, 0.25) is 0 Å². The number of amides is 1. The predicted molar refractivity (Wildman–Crippen MR) is 95.3 cm³/mol. The van der Waals surface area contributed by atoms with Crippen molar-refractivity contribution in [2.75, 3.05) is 5.32 Å². The summed E-state index contributed by atoms with van der Waals surface area (Å²) in [5.41, 5.74) is 0.312. The van der Waals surface area contributed by atoms with E-state index in [1.54, 1.807) is 19.1 Å². The molecular weight excluding hydrogens is 391 g/mol. The number of rotatable bonds is 6. The number of alkyl halides is 3. The lowest BCUT2D eigenvalue weighted by atomic mass is 10.1. The Bertz CT molecular complexity index is 1060. The molecule has 2 aromatic heterocycles. The van der Waals surface area contributed by atoms with Crippen LogP contribution in [0.3, 0.4) is 0 Å². The fourth-order valence-electron chi connectivity index (χ4n) is 2.64. The number of aromatic nitrogens is 4. The van der Waals surface area contributed by atoms with Gasteiger partial charge >= 0.3 is 12.1 Å². The molecule has 0 radical (unpaired) electrons. The SMILES string of the molecule is Cc1cc(NC(=O)c2ccn(CC(=O)O)n2)nn1Cc1cccc(C(F)(F)F)c1. The number of carboxylic acids is 1. The van der Waals surface area contributed by atoms with Gasteiger partial charge in [0, 0.05) is 18.0 Å². The molecule has 0 unspecified atom stereocenters. The van der Waals surface area contributed by atoms with E-state index < -0.39 is 23.6 Å². The first-order valence-corrected chi connectivity index (χ1v) is 8.39. The van der Waals surface area contributed by atoms with Crippen molar-refractivity contribution in [1.82, 2.24) is 19.6 Å². The summed E-state index contributed by atoms with van der Waals surface area (Å²) in [6.45, 7) is 1.43. The van der Waals surface area contributed by atoms with Crippen LogP contribution >= 0.6 is 0 Å². The molecule has 152 valence electrons. The number of carboxylic acid groups (broad SMARTS) is 1. The van der Waals surface area contributed by atoms with Crippen molar-refractivity contribution in [3.63, 3.8) is 0 Å². The second-order valence-electron chi connectivity index (χ2n) is 6.27. The standard InChI is InChI=1S/C18H16F3N5O3/c1-11-7-15(22-17(29)14-5-6-25(23-14)10-16(27)28)24-26(11)9-12-3-2-4-13(8-12)18(19,20)21/h2-8H,9-10H2,1H3,(H,27,28)(H,22,24,29). The number of anilines is 1. The van der Waals surface area contributed by atoms with Gasteiger partial charge in [-0.1, -0.05) is 12.1 Å². The highest BCUT2D eigenvalue weighted by Gasteiger charge is 2.30. The number of carbonyl (C=O) groups excluding carboxylic acids is 1. The van der Waals surface area contributed by atoms with Crippen molar-refractivity contribution < 1.29 is 27.9 Å². The highest BCUT2D eigenvalue weighted by Crippen LogP contribution is 2.29. The van der Waals surface area contributed by atoms with E-state index in [1.807, 2.05) is 0 Å². The van der Waals surface area contributed by atoms with Crippen LogP contribution in [0.15, 0.2) is 42.6 Å². The molecule has 8 nitrogen and oxygen atoms in total. The first-order chi connectivity index (χ1) is 13.6. The van der Waals surface area contributed by atoms with Gasteiger partial charge in [-0.25, -0.2) is 0 Å². The number of nitrogens with one attached hydrogen (secondary N) is 1. The number of aryl methyl sites for hydroxylation is 1. The number of aliphatic carboxylic acids is 1. The van der Waals surface area contributed by atoms with Crippen LogP contribution in [0.1, 0.15) is 27.3 Å². The minimum atomic E-state index is -4.43. The fourth-order valence-corrected chi connectivity index (χ4v) is 2.64. The van der Waals surface area contributed by atoms with E-state index in [-0.39, 0.29) is 24.6 Å². The molecule has 0 fully saturated rings. The zero-order chi connectivity index (χ0) is 21.2. The van der Waals surface area contributed by atoms with Crippen molar-refractivity contribution >= 4 is 17.7 Å². The Balaban J connectivity index is 1.71. The molecule has 0 aliphatic rings. The average Bonchev–Trinajstić information content (AvgIpc) is 3.21. The zero-order valence-electron chi connectivity index (χ0n) is 15.1. The highest BCUT2D eigenvalue weighted by atomic mass is 19.4. The second-order valence-corrected chi connectivity index (χ2v) is 6.27. The van der Waals surface area contributed by atoms with Crippen LogP contribution in [-0.2, 0) is 24.1 Å². The summed E-state index contributed by atoms with van der Waals surface area (Å²) >= 11 is 0. The molecule has 3 aromatic rings. The lowest BCUT2D eigenvalue weighted by molar-refractivity contribution is -0.138. The maximum absolute atomic E-state index is 12.9. The van der Waals surface area contributed by atoms with Gasteiger partial charge in [0.1, 0.15) is 6.54 Å². The Morgan fingerprint density at radius 3 is 2.62 bits per heavy atom. The van der Waals surface area contributed by atoms with Gasteiger partial charge < -0.3 is 10.4 Å². The van der Waals surface area contributed by atoms with Gasteiger partial charge in [0.25, 0.3) is 5.91 Å². The van der Waals surface area contributed by atoms with Gasteiger partial charge in [-0.05, 0) is 30.7 Å². The monoisotopic (exact) mass is 407 g/mol. The number of halogens is 3. The van der Waals surface area contributed by atoms with Crippen molar-refractivity contribution in [1.29, 1.82) is 0 Å². The number of nitrogens with zero attached hydrogens (tertiary/aromatic N) is 4.